The van der Waals surface area contributed by atoms with Crippen LogP contribution in [0.3, 0.4) is 0 Å². The molecule has 0 bridgehead atoms. The minimum Gasteiger partial charge on any atom is -0.497 e. The van der Waals surface area contributed by atoms with Crippen LogP contribution >= 0.6 is 0 Å². The Hall–Kier alpha value is -3.61. The fourth-order valence-electron chi connectivity index (χ4n) is 3.37. The summed E-state index contributed by atoms with van der Waals surface area (Å²) in [6, 6.07) is 17.1. The normalized spacial score (nSPS) is 11.2. The van der Waals surface area contributed by atoms with E-state index < -0.39 is 0 Å². The molecule has 1 N–H and O–H groups in total. The second-order valence-electron chi connectivity index (χ2n) is 7.55. The first-order valence-corrected chi connectivity index (χ1v) is 9.88. The summed E-state index contributed by atoms with van der Waals surface area (Å²) in [5.74, 6) is 2.02. The quantitative estimate of drug-likeness (QED) is 0.489. The fraction of sp³-hybridized carbons (Fsp3) is 0.261. The number of methoxy groups -OCH3 is 1. The number of benzene rings is 2. The molecule has 0 aliphatic heterocycles. The van der Waals surface area contributed by atoms with E-state index in [1.54, 1.807) is 19.2 Å². The summed E-state index contributed by atoms with van der Waals surface area (Å²) in [4.78, 5) is 12.8. The van der Waals surface area contributed by atoms with Gasteiger partial charge >= 0.3 is 0 Å². The summed E-state index contributed by atoms with van der Waals surface area (Å²) in [5, 5.41) is 12.3. The van der Waals surface area contributed by atoms with Gasteiger partial charge in [-0.3, -0.25) is 4.79 Å². The van der Waals surface area contributed by atoms with Crippen LogP contribution < -0.4 is 10.1 Å². The molecular weight excluding hydrogens is 380 g/mol. The second-order valence-corrected chi connectivity index (χ2v) is 7.55. The zero-order chi connectivity index (χ0) is 21.1. The largest absolute Gasteiger partial charge is 0.497 e. The third kappa shape index (κ3) is 4.20. The summed E-state index contributed by atoms with van der Waals surface area (Å²) in [7, 11) is 1.61. The van der Waals surface area contributed by atoms with Gasteiger partial charge in [0.15, 0.2) is 0 Å². The average Bonchev–Trinajstić information content (AvgIpc) is 3.33. The summed E-state index contributed by atoms with van der Waals surface area (Å²) in [6.07, 6.45) is 0.713. The van der Waals surface area contributed by atoms with Crippen molar-refractivity contribution < 1.29 is 13.9 Å². The number of rotatable bonds is 7. The van der Waals surface area contributed by atoms with Gasteiger partial charge in [0.25, 0.3) is 5.89 Å². The highest BCUT2D eigenvalue weighted by molar-refractivity contribution is 5.93. The number of hydrogen-bond donors (Lipinski definition) is 1. The minimum absolute atomic E-state index is 0.122. The lowest BCUT2D eigenvalue weighted by Crippen LogP contribution is -2.19. The van der Waals surface area contributed by atoms with Crippen LogP contribution in [0.2, 0.25) is 0 Å². The number of para-hydroxylation sites is 1. The number of ether oxygens (including phenoxy) is 1. The van der Waals surface area contributed by atoms with Gasteiger partial charge in [-0.1, -0.05) is 32.0 Å². The van der Waals surface area contributed by atoms with Crippen molar-refractivity contribution in [3.8, 4) is 17.3 Å². The van der Waals surface area contributed by atoms with Crippen molar-refractivity contribution in [2.75, 3.05) is 12.4 Å². The van der Waals surface area contributed by atoms with E-state index in [-0.39, 0.29) is 12.5 Å². The van der Waals surface area contributed by atoms with Crippen LogP contribution in [0.4, 0.5) is 5.69 Å². The molecule has 30 heavy (non-hydrogen) atoms. The summed E-state index contributed by atoms with van der Waals surface area (Å²) >= 11 is 0. The van der Waals surface area contributed by atoms with Crippen LogP contribution in [0, 0.1) is 5.92 Å². The maximum absolute atomic E-state index is 12.8. The Morgan fingerprint density at radius 3 is 2.63 bits per heavy atom. The van der Waals surface area contributed by atoms with Crippen molar-refractivity contribution in [2.45, 2.75) is 26.8 Å². The van der Waals surface area contributed by atoms with Crippen LogP contribution in [0.5, 0.6) is 5.75 Å². The van der Waals surface area contributed by atoms with E-state index >= 15 is 0 Å². The molecule has 4 rings (SSSR count). The number of carbonyl (C=O) groups excluding carboxylic acids is 1. The molecule has 0 saturated carbocycles. The number of nitrogens with one attached hydrogen (secondary N) is 1. The van der Waals surface area contributed by atoms with Crippen molar-refractivity contribution in [1.82, 2.24) is 14.8 Å². The Kier molecular flexibility index (Phi) is 5.52. The minimum atomic E-state index is -0.148. The van der Waals surface area contributed by atoms with E-state index in [2.05, 4.69) is 29.4 Å². The highest BCUT2D eigenvalue weighted by atomic mass is 16.5. The molecule has 0 atom stereocenters. The summed E-state index contributed by atoms with van der Waals surface area (Å²) < 4.78 is 12.9. The van der Waals surface area contributed by atoms with Crippen molar-refractivity contribution in [3.05, 3.63) is 60.5 Å². The molecule has 7 nitrogen and oxygen atoms in total. The zero-order valence-electron chi connectivity index (χ0n) is 17.3. The first-order chi connectivity index (χ1) is 14.5. The predicted molar refractivity (Wildman–Crippen MR) is 115 cm³/mol. The molecule has 0 spiro atoms. The number of fused-ring (bicyclic) bond motifs is 1. The van der Waals surface area contributed by atoms with E-state index in [9.17, 15) is 4.79 Å². The first-order valence-electron chi connectivity index (χ1n) is 9.88. The lowest BCUT2D eigenvalue weighted by atomic mass is 10.1. The topological polar surface area (TPSA) is 82.2 Å². The summed E-state index contributed by atoms with van der Waals surface area (Å²) in [6.45, 7) is 4.32. The Balaban J connectivity index is 1.62. The number of nitrogens with zero attached hydrogens (tertiary/aromatic N) is 3. The number of anilines is 1. The zero-order valence-corrected chi connectivity index (χ0v) is 17.3. The third-order valence-corrected chi connectivity index (χ3v) is 4.75. The van der Waals surface area contributed by atoms with Crippen molar-refractivity contribution in [1.29, 1.82) is 0 Å². The van der Waals surface area contributed by atoms with Crippen molar-refractivity contribution in [2.24, 2.45) is 5.92 Å². The second kappa shape index (κ2) is 8.41. The number of hydrogen-bond acceptors (Lipinski definition) is 5. The standard InChI is InChI=1S/C23H24N4O3/c1-15(2)12-22-25-26-23(30-22)20-13-16-6-4-5-7-19(16)27(20)14-21(28)24-17-8-10-18(29-3)11-9-17/h4-11,13,15H,12,14H2,1-3H3,(H,24,28). The molecule has 2 aromatic heterocycles. The van der Waals surface area contributed by atoms with E-state index in [1.165, 1.54) is 0 Å². The fourth-order valence-corrected chi connectivity index (χ4v) is 3.37. The van der Waals surface area contributed by atoms with Gasteiger partial charge in [0, 0.05) is 23.0 Å². The molecule has 4 aromatic rings. The Bertz CT molecular complexity index is 1160. The Labute approximate surface area is 174 Å². The van der Waals surface area contributed by atoms with Gasteiger partial charge in [-0.2, -0.15) is 0 Å². The maximum atomic E-state index is 12.8. The van der Waals surface area contributed by atoms with Gasteiger partial charge in [0.05, 0.1) is 7.11 Å². The van der Waals surface area contributed by atoms with Gasteiger partial charge < -0.3 is 19.0 Å². The van der Waals surface area contributed by atoms with E-state index in [0.29, 0.717) is 29.8 Å². The molecule has 2 heterocycles. The van der Waals surface area contributed by atoms with Gasteiger partial charge in [-0.15, -0.1) is 10.2 Å². The average molecular weight is 404 g/mol. The van der Waals surface area contributed by atoms with Crippen LogP contribution in [-0.4, -0.2) is 27.8 Å². The lowest BCUT2D eigenvalue weighted by molar-refractivity contribution is -0.116. The molecule has 0 fully saturated rings. The van der Waals surface area contributed by atoms with E-state index in [1.807, 2.05) is 47.0 Å². The first kappa shape index (κ1) is 19.7. The number of carbonyl (C=O) groups is 1. The molecule has 0 aliphatic carbocycles. The van der Waals surface area contributed by atoms with Gasteiger partial charge in [0.2, 0.25) is 11.8 Å². The van der Waals surface area contributed by atoms with Crippen LogP contribution in [0.15, 0.2) is 59.0 Å². The van der Waals surface area contributed by atoms with Gasteiger partial charge in [0.1, 0.15) is 18.0 Å². The molecule has 0 saturated heterocycles. The van der Waals surface area contributed by atoms with Crippen LogP contribution in [-0.2, 0) is 17.8 Å². The molecular formula is C23H24N4O3. The highest BCUT2D eigenvalue weighted by Crippen LogP contribution is 2.28. The van der Waals surface area contributed by atoms with Gasteiger partial charge in [-0.05, 0) is 42.3 Å². The SMILES string of the molecule is COc1ccc(NC(=O)Cn2c(-c3nnc(CC(C)C)o3)cc3ccccc32)cc1. The van der Waals surface area contributed by atoms with E-state index in [0.717, 1.165) is 22.3 Å². The highest BCUT2D eigenvalue weighted by Gasteiger charge is 2.18. The number of aromatic nitrogens is 3. The molecule has 2 aromatic carbocycles. The van der Waals surface area contributed by atoms with Crippen LogP contribution in [0.25, 0.3) is 22.5 Å². The maximum Gasteiger partial charge on any atom is 0.264 e. The molecule has 0 aliphatic rings. The molecule has 154 valence electrons. The van der Waals surface area contributed by atoms with Crippen molar-refractivity contribution in [3.63, 3.8) is 0 Å². The monoisotopic (exact) mass is 404 g/mol. The molecule has 0 unspecified atom stereocenters. The van der Waals surface area contributed by atoms with Crippen molar-refractivity contribution >= 4 is 22.5 Å². The van der Waals surface area contributed by atoms with Crippen LogP contribution in [0.1, 0.15) is 19.7 Å². The predicted octanol–water partition coefficient (Wildman–Crippen LogP) is 4.54. The number of amides is 1. The third-order valence-electron chi connectivity index (χ3n) is 4.75. The van der Waals surface area contributed by atoms with E-state index in [4.69, 9.17) is 9.15 Å². The molecule has 0 radical (unpaired) electrons. The molecule has 7 heteroatoms. The Morgan fingerprint density at radius 2 is 1.90 bits per heavy atom. The lowest BCUT2D eigenvalue weighted by Gasteiger charge is -2.10. The van der Waals surface area contributed by atoms with Gasteiger partial charge in [-0.25, -0.2) is 0 Å². The molecule has 1 amide bonds. The Morgan fingerprint density at radius 1 is 1.13 bits per heavy atom. The summed E-state index contributed by atoms with van der Waals surface area (Å²) in [5.41, 5.74) is 2.36. The smallest absolute Gasteiger partial charge is 0.264 e.